The van der Waals surface area contributed by atoms with Gasteiger partial charge in [-0.2, -0.15) is 0 Å². The molecule has 8 aromatic rings. The third kappa shape index (κ3) is 8.35. The number of halogens is 2. The molecule has 7 heteroatoms. The van der Waals surface area contributed by atoms with Gasteiger partial charge in [0.2, 0.25) is 0 Å². The number of fused-ring (bicyclic) bond motifs is 8. The molecule has 0 unspecified atom stereocenters. The van der Waals surface area contributed by atoms with Gasteiger partial charge in [0, 0.05) is 20.1 Å². The summed E-state index contributed by atoms with van der Waals surface area (Å²) in [5.74, 6) is 0. The SMILES string of the molecule is Cc1cc(C)c(-c2[n-]c(/C=C3/C=C4CCc5ccccc5C4=N3)c3cc(Br)ccc23)c(C)c1.Cc1cc(C)c(-c2[n-]c(/C=C3/C=C4CCc5ccccc5C4=N3)c3cc(Br)ccc23)c(C)c1.[Co+2]. The van der Waals surface area contributed by atoms with E-state index < -0.39 is 0 Å². The van der Waals surface area contributed by atoms with E-state index >= 15 is 0 Å². The summed E-state index contributed by atoms with van der Waals surface area (Å²) in [5, 5.41) is 4.67. The minimum Gasteiger partial charge on any atom is -0.656 e. The quantitative estimate of drug-likeness (QED) is 0.176. The summed E-state index contributed by atoms with van der Waals surface area (Å²) in [5.41, 5.74) is 26.4. The summed E-state index contributed by atoms with van der Waals surface area (Å²) >= 11 is 7.33. The van der Waals surface area contributed by atoms with Crippen LogP contribution in [0.2, 0.25) is 0 Å². The Morgan fingerprint density at radius 3 is 1.25 bits per heavy atom. The number of aliphatic imine (C=N–C) groups is 2. The second-order valence-electron chi connectivity index (χ2n) is 18.3. The Morgan fingerprint density at radius 1 is 0.463 bits per heavy atom. The maximum Gasteiger partial charge on any atom is 2.00 e. The van der Waals surface area contributed by atoms with Crippen molar-refractivity contribution in [2.24, 2.45) is 9.98 Å². The number of benzene rings is 6. The average molecular weight is 1040 g/mol. The Bertz CT molecular complexity index is 3290. The van der Waals surface area contributed by atoms with Crippen LogP contribution < -0.4 is 9.97 Å². The molecule has 2 aliphatic heterocycles. The zero-order chi connectivity index (χ0) is 45.4. The van der Waals surface area contributed by atoms with Gasteiger partial charge in [0.15, 0.2) is 0 Å². The van der Waals surface area contributed by atoms with E-state index in [1.807, 2.05) is 0 Å². The molecule has 4 nitrogen and oxygen atoms in total. The van der Waals surface area contributed by atoms with Gasteiger partial charge in [-0.3, -0.25) is 0 Å². The number of hydrogen-bond donors (Lipinski definition) is 0. The molecule has 0 fully saturated rings. The third-order valence-electron chi connectivity index (χ3n) is 13.5. The van der Waals surface area contributed by atoms with Crippen LogP contribution >= 0.6 is 31.9 Å². The van der Waals surface area contributed by atoms with Gasteiger partial charge in [-0.1, -0.05) is 140 Å². The Morgan fingerprint density at radius 2 is 0.851 bits per heavy atom. The molecule has 0 amide bonds. The molecule has 2 aliphatic carbocycles. The van der Waals surface area contributed by atoms with E-state index in [0.29, 0.717) is 0 Å². The smallest absolute Gasteiger partial charge is 0.656 e. The fraction of sp³-hybridized carbons (Fsp3) is 0.167. The van der Waals surface area contributed by atoms with Gasteiger partial charge in [0.25, 0.3) is 0 Å². The van der Waals surface area contributed by atoms with Gasteiger partial charge in [0.1, 0.15) is 0 Å². The Hall–Kier alpha value is -5.83. The monoisotopic (exact) mass is 1040 g/mol. The average Bonchev–Trinajstić information content (AvgIpc) is 4.07. The standard InChI is InChI=1S/2C30H24BrN2.Co/c2*1-17-12-18(2)28(19(3)13-17)30-25-11-10-22(31)15-26(25)27(33-30)16-23-14-21-9-8-20-6-4-5-7-24(20)29(21)32-23;/h2*4-7,10-16H,8-9H2,1-3H3;/q2*-1;+2/b2*23-16-;. The summed E-state index contributed by atoms with van der Waals surface area (Å²) < 4.78 is 2.12. The Kier molecular flexibility index (Phi) is 12.1. The topological polar surface area (TPSA) is 52.9 Å². The van der Waals surface area contributed by atoms with Crippen LogP contribution in [-0.2, 0) is 29.6 Å². The first-order chi connectivity index (χ1) is 31.9. The molecule has 12 rings (SSSR count). The summed E-state index contributed by atoms with van der Waals surface area (Å²) in [7, 11) is 0. The molecular formula is C60H48Br2CoN4. The van der Waals surface area contributed by atoms with Gasteiger partial charge in [-0.05, 0) is 181 Å². The van der Waals surface area contributed by atoms with Crippen molar-refractivity contribution in [2.45, 2.75) is 67.2 Å². The van der Waals surface area contributed by atoms with Crippen LogP contribution in [0.5, 0.6) is 0 Å². The largest absolute Gasteiger partial charge is 2.00 e. The number of rotatable bonds is 4. The zero-order valence-electron chi connectivity index (χ0n) is 38.4. The van der Waals surface area contributed by atoms with Crippen molar-refractivity contribution in [3.05, 3.63) is 220 Å². The van der Waals surface area contributed by atoms with Crippen molar-refractivity contribution < 1.29 is 16.8 Å². The predicted molar refractivity (Wildman–Crippen MR) is 284 cm³/mol. The molecule has 0 N–H and O–H groups in total. The van der Waals surface area contributed by atoms with Crippen LogP contribution in [0.25, 0.3) is 56.2 Å². The van der Waals surface area contributed by atoms with E-state index in [1.165, 1.54) is 88.7 Å². The molecule has 6 aromatic carbocycles. The number of nitrogens with zero attached hydrogens (tertiary/aromatic N) is 4. The third-order valence-corrected chi connectivity index (χ3v) is 14.5. The van der Waals surface area contributed by atoms with E-state index in [-0.39, 0.29) is 16.8 Å². The van der Waals surface area contributed by atoms with Crippen molar-refractivity contribution in [1.82, 2.24) is 9.97 Å². The molecule has 331 valence electrons. The number of hydrogen-bond acceptors (Lipinski definition) is 2. The Balaban J connectivity index is 0.000000154. The maximum atomic E-state index is 5.18. The molecule has 67 heavy (non-hydrogen) atoms. The minimum atomic E-state index is 0. The van der Waals surface area contributed by atoms with Crippen LogP contribution in [0.1, 0.15) is 79.9 Å². The summed E-state index contributed by atoms with van der Waals surface area (Å²) in [4.78, 5) is 20.4. The zero-order valence-corrected chi connectivity index (χ0v) is 42.6. The van der Waals surface area contributed by atoms with Gasteiger partial charge in [-0.15, -0.1) is 22.8 Å². The van der Waals surface area contributed by atoms with Crippen LogP contribution in [-0.4, -0.2) is 11.4 Å². The molecule has 4 heterocycles. The van der Waals surface area contributed by atoms with Crippen molar-refractivity contribution in [2.75, 3.05) is 0 Å². The van der Waals surface area contributed by atoms with E-state index in [0.717, 1.165) is 91.0 Å². The van der Waals surface area contributed by atoms with Crippen LogP contribution in [0.15, 0.2) is 163 Å². The second-order valence-corrected chi connectivity index (χ2v) is 20.2. The first kappa shape index (κ1) is 45.0. The molecule has 1 radical (unpaired) electrons. The van der Waals surface area contributed by atoms with E-state index in [2.05, 4.69) is 207 Å². The molecule has 0 bridgehead atoms. The van der Waals surface area contributed by atoms with Gasteiger partial charge in [0.05, 0.1) is 22.8 Å². The molecule has 4 aliphatic rings. The van der Waals surface area contributed by atoms with Crippen molar-refractivity contribution in [3.8, 4) is 22.5 Å². The van der Waals surface area contributed by atoms with Crippen LogP contribution in [0.4, 0.5) is 0 Å². The maximum absolute atomic E-state index is 5.18. The molecular weight excluding hydrogens is 995 g/mol. The predicted octanol–water partition coefficient (Wildman–Crippen LogP) is 15.7. The minimum absolute atomic E-state index is 0. The summed E-state index contributed by atoms with van der Waals surface area (Å²) in [6.45, 7) is 13.0. The fourth-order valence-electron chi connectivity index (χ4n) is 10.8. The van der Waals surface area contributed by atoms with Crippen molar-refractivity contribution >= 4 is 77.0 Å². The van der Waals surface area contributed by atoms with E-state index in [1.54, 1.807) is 0 Å². The Labute approximate surface area is 420 Å². The number of allylic oxidation sites excluding steroid dienone is 4. The van der Waals surface area contributed by atoms with Gasteiger partial charge >= 0.3 is 16.8 Å². The van der Waals surface area contributed by atoms with Crippen LogP contribution in [0.3, 0.4) is 0 Å². The van der Waals surface area contributed by atoms with Crippen molar-refractivity contribution in [1.29, 1.82) is 0 Å². The number of aryl methyl sites for hydroxylation is 8. The molecule has 0 saturated carbocycles. The molecule has 0 atom stereocenters. The molecule has 0 spiro atoms. The first-order valence-electron chi connectivity index (χ1n) is 22.8. The van der Waals surface area contributed by atoms with Gasteiger partial charge < -0.3 is 9.97 Å². The van der Waals surface area contributed by atoms with E-state index in [9.17, 15) is 0 Å². The van der Waals surface area contributed by atoms with Crippen molar-refractivity contribution in [3.63, 3.8) is 0 Å². The first-order valence-corrected chi connectivity index (χ1v) is 24.4. The van der Waals surface area contributed by atoms with E-state index in [4.69, 9.17) is 20.0 Å². The summed E-state index contributed by atoms with van der Waals surface area (Å²) in [6.07, 6.45) is 13.0. The summed E-state index contributed by atoms with van der Waals surface area (Å²) in [6, 6.07) is 39.2. The van der Waals surface area contributed by atoms with Crippen LogP contribution in [0, 0.1) is 41.5 Å². The van der Waals surface area contributed by atoms with Gasteiger partial charge in [-0.25, -0.2) is 9.98 Å². The second kappa shape index (κ2) is 18.0. The number of aromatic nitrogens is 2. The normalized spacial score (nSPS) is 15.8. The molecule has 0 saturated heterocycles. The fourth-order valence-corrected chi connectivity index (χ4v) is 11.5. The molecule has 2 aromatic heterocycles.